The van der Waals surface area contributed by atoms with Crippen LogP contribution in [0.3, 0.4) is 0 Å². The molecule has 0 fully saturated rings. The summed E-state index contributed by atoms with van der Waals surface area (Å²) in [5.41, 5.74) is 1.39. The summed E-state index contributed by atoms with van der Waals surface area (Å²) >= 11 is 0. The number of carbonyl (C=O) groups excluding carboxylic acids is 1. The fourth-order valence-corrected chi connectivity index (χ4v) is 1.52. The Morgan fingerprint density at radius 1 is 1.15 bits per heavy atom. The van der Waals surface area contributed by atoms with Crippen LogP contribution in [0, 0.1) is 0 Å². The molecule has 4 N–H and O–H groups in total. The Labute approximate surface area is 114 Å². The highest BCUT2D eigenvalue weighted by molar-refractivity contribution is 5.87. The number of urea groups is 1. The third-order valence-electron chi connectivity index (χ3n) is 2.58. The Morgan fingerprint density at radius 2 is 1.85 bits per heavy atom. The van der Waals surface area contributed by atoms with Crippen LogP contribution in [0.2, 0.25) is 0 Å². The number of H-pyrrole nitrogens is 1. The molecule has 0 aliphatic rings. The average Bonchev–Trinajstić information content (AvgIpc) is 2.48. The Kier molecular flexibility index (Phi) is 4.46. The second-order valence-electron chi connectivity index (χ2n) is 4.09. The highest BCUT2D eigenvalue weighted by Gasteiger charge is 2.02. The summed E-state index contributed by atoms with van der Waals surface area (Å²) in [5.74, 6) is 0.262. The number of aliphatic hydroxyl groups excluding tert-OH is 1. The van der Waals surface area contributed by atoms with Crippen molar-refractivity contribution in [3.8, 4) is 0 Å². The lowest BCUT2D eigenvalue weighted by atomic mass is 10.1. The molecule has 0 saturated carbocycles. The fourth-order valence-electron chi connectivity index (χ4n) is 1.52. The molecule has 0 radical (unpaired) electrons. The second kappa shape index (κ2) is 6.48. The zero-order valence-electron chi connectivity index (χ0n) is 10.6. The highest BCUT2D eigenvalue weighted by Crippen LogP contribution is 2.04. The van der Waals surface area contributed by atoms with E-state index in [1.54, 1.807) is 12.1 Å². The number of nitrogens with zero attached hydrogens (tertiary/aromatic N) is 1. The van der Waals surface area contributed by atoms with Crippen LogP contribution in [0.15, 0.2) is 41.2 Å². The summed E-state index contributed by atoms with van der Waals surface area (Å²) < 4.78 is 0. The van der Waals surface area contributed by atoms with E-state index >= 15 is 0 Å². The first-order valence-corrected chi connectivity index (χ1v) is 5.96. The lowest BCUT2D eigenvalue weighted by molar-refractivity contribution is 0.251. The van der Waals surface area contributed by atoms with Crippen LogP contribution in [-0.2, 0) is 13.2 Å². The van der Waals surface area contributed by atoms with Crippen molar-refractivity contribution in [2.75, 3.05) is 5.32 Å². The Balaban J connectivity index is 1.85. The van der Waals surface area contributed by atoms with Crippen LogP contribution in [-0.4, -0.2) is 21.3 Å². The molecular formula is C13H14N4O3. The minimum absolute atomic E-state index is 0.00786. The van der Waals surface area contributed by atoms with Crippen LogP contribution in [0.4, 0.5) is 10.6 Å². The molecule has 1 heterocycles. The number of carbonyl (C=O) groups is 1. The molecule has 0 saturated heterocycles. The average molecular weight is 274 g/mol. The number of rotatable bonds is 4. The van der Waals surface area contributed by atoms with Gasteiger partial charge in [0.1, 0.15) is 0 Å². The normalized spacial score (nSPS) is 10.1. The van der Waals surface area contributed by atoms with Gasteiger partial charge in [-0.15, -0.1) is 0 Å². The summed E-state index contributed by atoms with van der Waals surface area (Å²) in [4.78, 5) is 22.4. The lowest BCUT2D eigenvalue weighted by Gasteiger charge is -2.07. The number of anilines is 1. The predicted octanol–water partition coefficient (Wildman–Crippen LogP) is 0.584. The molecule has 0 aliphatic heterocycles. The Hall–Kier alpha value is -2.67. The topological polar surface area (TPSA) is 107 Å². The van der Waals surface area contributed by atoms with E-state index in [0.717, 1.165) is 11.1 Å². The molecule has 1 aromatic heterocycles. The molecule has 104 valence electrons. The molecule has 1 aromatic carbocycles. The van der Waals surface area contributed by atoms with E-state index in [9.17, 15) is 9.59 Å². The summed E-state index contributed by atoms with van der Waals surface area (Å²) in [6.07, 6.45) is 0. The van der Waals surface area contributed by atoms with E-state index in [0.29, 0.717) is 6.54 Å². The Bertz CT molecular complexity index is 616. The quantitative estimate of drug-likeness (QED) is 0.654. The van der Waals surface area contributed by atoms with Gasteiger partial charge in [0.25, 0.3) is 5.56 Å². The van der Waals surface area contributed by atoms with Gasteiger partial charge < -0.3 is 10.4 Å². The van der Waals surface area contributed by atoms with Gasteiger partial charge in [0.15, 0.2) is 5.82 Å². The molecule has 0 spiro atoms. The van der Waals surface area contributed by atoms with Crippen molar-refractivity contribution in [2.45, 2.75) is 13.2 Å². The van der Waals surface area contributed by atoms with E-state index in [1.165, 1.54) is 12.1 Å². The van der Waals surface area contributed by atoms with E-state index in [-0.39, 0.29) is 18.0 Å². The van der Waals surface area contributed by atoms with E-state index in [4.69, 9.17) is 5.11 Å². The molecule has 7 nitrogen and oxygen atoms in total. The van der Waals surface area contributed by atoms with Gasteiger partial charge >= 0.3 is 6.03 Å². The maximum absolute atomic E-state index is 11.6. The van der Waals surface area contributed by atoms with Crippen molar-refractivity contribution < 1.29 is 9.90 Å². The highest BCUT2D eigenvalue weighted by atomic mass is 16.3. The minimum atomic E-state index is -0.421. The molecular weight excluding hydrogens is 260 g/mol. The summed E-state index contributed by atoms with van der Waals surface area (Å²) in [6, 6.07) is 9.49. The van der Waals surface area contributed by atoms with Gasteiger partial charge in [-0.3, -0.25) is 10.1 Å². The maximum atomic E-state index is 11.6. The number of amides is 2. The molecule has 2 rings (SSSR count). The predicted molar refractivity (Wildman–Crippen MR) is 73.1 cm³/mol. The lowest BCUT2D eigenvalue weighted by Crippen LogP contribution is -2.29. The zero-order chi connectivity index (χ0) is 14.4. The van der Waals surface area contributed by atoms with Crippen molar-refractivity contribution in [3.05, 3.63) is 57.9 Å². The van der Waals surface area contributed by atoms with Crippen molar-refractivity contribution >= 4 is 11.8 Å². The first-order chi connectivity index (χ1) is 9.67. The standard InChI is InChI=1S/C13H14N4O3/c18-8-10-3-1-9(2-4-10)7-14-13(20)15-11-5-6-12(19)17-16-11/h1-6,18H,7-8H2,(H,17,19)(H2,14,15,16,20). The minimum Gasteiger partial charge on any atom is -0.392 e. The molecule has 0 atom stereocenters. The molecule has 0 aliphatic carbocycles. The maximum Gasteiger partial charge on any atom is 0.320 e. The van der Waals surface area contributed by atoms with Gasteiger partial charge in [-0.2, -0.15) is 5.10 Å². The first-order valence-electron chi connectivity index (χ1n) is 5.96. The van der Waals surface area contributed by atoms with E-state index in [1.807, 2.05) is 12.1 Å². The van der Waals surface area contributed by atoms with Gasteiger partial charge in [0, 0.05) is 12.6 Å². The molecule has 0 bridgehead atoms. The summed E-state index contributed by atoms with van der Waals surface area (Å²) in [5, 5.41) is 19.9. The number of aromatic nitrogens is 2. The van der Waals surface area contributed by atoms with Gasteiger partial charge in [0.05, 0.1) is 6.61 Å². The zero-order valence-corrected chi connectivity index (χ0v) is 10.6. The second-order valence-corrected chi connectivity index (χ2v) is 4.09. The number of hydrogen-bond acceptors (Lipinski definition) is 4. The number of benzene rings is 1. The van der Waals surface area contributed by atoms with Gasteiger partial charge in [-0.05, 0) is 17.2 Å². The largest absolute Gasteiger partial charge is 0.392 e. The van der Waals surface area contributed by atoms with Crippen LogP contribution in [0.1, 0.15) is 11.1 Å². The third-order valence-corrected chi connectivity index (χ3v) is 2.58. The number of hydrogen-bond donors (Lipinski definition) is 4. The monoisotopic (exact) mass is 274 g/mol. The van der Waals surface area contributed by atoms with Gasteiger partial charge in [0.2, 0.25) is 0 Å². The first kappa shape index (κ1) is 13.8. The van der Waals surface area contributed by atoms with Crippen LogP contribution in [0.25, 0.3) is 0 Å². The molecule has 20 heavy (non-hydrogen) atoms. The van der Waals surface area contributed by atoms with E-state index < -0.39 is 6.03 Å². The Morgan fingerprint density at radius 3 is 2.45 bits per heavy atom. The summed E-state index contributed by atoms with van der Waals surface area (Å²) in [6.45, 7) is 0.340. The van der Waals surface area contributed by atoms with Gasteiger partial charge in [-0.25, -0.2) is 9.89 Å². The molecule has 0 unspecified atom stereocenters. The molecule has 7 heteroatoms. The van der Waals surface area contributed by atoms with Crippen molar-refractivity contribution in [1.82, 2.24) is 15.5 Å². The van der Waals surface area contributed by atoms with Gasteiger partial charge in [-0.1, -0.05) is 24.3 Å². The van der Waals surface area contributed by atoms with E-state index in [2.05, 4.69) is 20.8 Å². The van der Waals surface area contributed by atoms with Crippen LogP contribution >= 0.6 is 0 Å². The van der Waals surface area contributed by atoms with Crippen LogP contribution in [0.5, 0.6) is 0 Å². The number of nitrogens with one attached hydrogen (secondary N) is 3. The SMILES string of the molecule is O=C(NCc1ccc(CO)cc1)Nc1ccc(=O)[nH]n1. The van der Waals surface area contributed by atoms with Crippen molar-refractivity contribution in [3.63, 3.8) is 0 Å². The molecule has 2 aromatic rings. The number of aliphatic hydroxyl groups is 1. The van der Waals surface area contributed by atoms with Crippen molar-refractivity contribution in [1.29, 1.82) is 0 Å². The third kappa shape index (κ3) is 3.92. The smallest absolute Gasteiger partial charge is 0.320 e. The van der Waals surface area contributed by atoms with Crippen LogP contribution < -0.4 is 16.2 Å². The van der Waals surface area contributed by atoms with Crippen molar-refractivity contribution in [2.24, 2.45) is 0 Å². The fraction of sp³-hybridized carbons (Fsp3) is 0.154. The number of aromatic amines is 1. The molecule has 2 amide bonds. The summed E-state index contributed by atoms with van der Waals surface area (Å²) in [7, 11) is 0.